The minimum Gasteiger partial charge on any atom is -0.441 e. The third-order valence-corrected chi connectivity index (χ3v) is 5.21. The predicted molar refractivity (Wildman–Crippen MR) is 105 cm³/mol. The van der Waals surface area contributed by atoms with E-state index in [2.05, 4.69) is 29.2 Å². The lowest BCUT2D eigenvalue weighted by Gasteiger charge is -2.32. The van der Waals surface area contributed by atoms with Crippen molar-refractivity contribution in [1.29, 1.82) is 0 Å². The molecule has 2 aromatic rings. The van der Waals surface area contributed by atoms with Gasteiger partial charge in [0.2, 0.25) is 0 Å². The Morgan fingerprint density at radius 1 is 0.963 bits per heavy atom. The van der Waals surface area contributed by atoms with Crippen LogP contribution in [0.5, 0.6) is 0 Å². The summed E-state index contributed by atoms with van der Waals surface area (Å²) in [6.45, 7) is 4.81. The molecule has 2 heterocycles. The van der Waals surface area contributed by atoms with E-state index in [4.69, 9.17) is 9.47 Å². The van der Waals surface area contributed by atoms with Crippen LogP contribution < -0.4 is 4.90 Å². The Kier molecular flexibility index (Phi) is 5.58. The van der Waals surface area contributed by atoms with Crippen molar-refractivity contribution >= 4 is 11.8 Å². The Labute approximate surface area is 160 Å². The minimum atomic E-state index is -0.233. The zero-order valence-corrected chi connectivity index (χ0v) is 15.5. The summed E-state index contributed by atoms with van der Waals surface area (Å²) in [5, 5.41) is 0. The number of ether oxygens (including phenoxy) is 2. The smallest absolute Gasteiger partial charge is 0.410 e. The highest BCUT2D eigenvalue weighted by Gasteiger charge is 2.28. The average Bonchev–Trinajstić information content (AvgIpc) is 3.00. The van der Waals surface area contributed by atoms with Crippen molar-refractivity contribution in [2.75, 3.05) is 37.7 Å². The number of nitrogens with zero attached hydrogens (tertiary/aromatic N) is 2. The van der Waals surface area contributed by atoms with E-state index in [0.29, 0.717) is 13.1 Å². The molecule has 2 saturated heterocycles. The number of hydrogen-bond acceptors (Lipinski definition) is 4. The summed E-state index contributed by atoms with van der Waals surface area (Å²) in [6, 6.07) is 18.4. The highest BCUT2D eigenvalue weighted by atomic mass is 16.6. The maximum absolute atomic E-state index is 12.5. The number of rotatable bonds is 4. The van der Waals surface area contributed by atoms with Gasteiger partial charge in [0.05, 0.1) is 6.61 Å². The van der Waals surface area contributed by atoms with Gasteiger partial charge in [-0.3, -0.25) is 0 Å². The molecular weight excluding hydrogens is 340 g/mol. The molecule has 4 rings (SSSR count). The fraction of sp³-hybridized carbons (Fsp3) is 0.409. The van der Waals surface area contributed by atoms with E-state index in [9.17, 15) is 4.79 Å². The third-order valence-electron chi connectivity index (χ3n) is 5.21. The number of hydrogen-bond donors (Lipinski definition) is 0. The molecular formula is C22H26N2O3. The third kappa shape index (κ3) is 4.42. The Balaban J connectivity index is 1.39. The van der Waals surface area contributed by atoms with Gasteiger partial charge in [-0.2, -0.15) is 0 Å². The van der Waals surface area contributed by atoms with Gasteiger partial charge < -0.3 is 19.3 Å². The molecule has 142 valence electrons. The van der Waals surface area contributed by atoms with Crippen LogP contribution in [0.2, 0.25) is 0 Å². The molecule has 0 aromatic heterocycles. The first-order valence-corrected chi connectivity index (χ1v) is 9.72. The van der Waals surface area contributed by atoms with Gasteiger partial charge >= 0.3 is 6.09 Å². The lowest BCUT2D eigenvalue weighted by atomic mass is 10.0. The SMILES string of the molecule is O=C1OC(c2ccccc2)CCN1Cc1cccc(N2CCCOCC2)c1. The summed E-state index contributed by atoms with van der Waals surface area (Å²) >= 11 is 0. The molecule has 0 saturated carbocycles. The Morgan fingerprint density at radius 2 is 1.85 bits per heavy atom. The largest absolute Gasteiger partial charge is 0.441 e. The van der Waals surface area contributed by atoms with Crippen LogP contribution in [0.4, 0.5) is 10.5 Å². The van der Waals surface area contributed by atoms with Crippen molar-refractivity contribution in [2.45, 2.75) is 25.5 Å². The lowest BCUT2D eigenvalue weighted by Crippen LogP contribution is -2.38. The van der Waals surface area contributed by atoms with Gasteiger partial charge in [-0.05, 0) is 29.7 Å². The van der Waals surface area contributed by atoms with Crippen molar-refractivity contribution in [2.24, 2.45) is 0 Å². The molecule has 2 aliphatic rings. The molecule has 5 nitrogen and oxygen atoms in total. The van der Waals surface area contributed by atoms with Gasteiger partial charge in [0.25, 0.3) is 0 Å². The summed E-state index contributed by atoms with van der Waals surface area (Å²) in [6.07, 6.45) is 1.49. The van der Waals surface area contributed by atoms with Crippen LogP contribution in [0.15, 0.2) is 54.6 Å². The number of amides is 1. The second-order valence-electron chi connectivity index (χ2n) is 7.12. The lowest BCUT2D eigenvalue weighted by molar-refractivity contribution is 0.0217. The fourth-order valence-electron chi connectivity index (χ4n) is 3.74. The highest BCUT2D eigenvalue weighted by molar-refractivity contribution is 5.69. The van der Waals surface area contributed by atoms with Crippen LogP contribution in [0.25, 0.3) is 0 Å². The number of carbonyl (C=O) groups is 1. The molecule has 1 unspecified atom stereocenters. The first-order chi connectivity index (χ1) is 13.3. The van der Waals surface area contributed by atoms with Crippen molar-refractivity contribution in [3.05, 3.63) is 65.7 Å². The molecule has 2 aliphatic heterocycles. The molecule has 0 spiro atoms. The summed E-state index contributed by atoms with van der Waals surface area (Å²) in [5.74, 6) is 0. The van der Waals surface area contributed by atoms with Crippen LogP contribution in [0.3, 0.4) is 0 Å². The second kappa shape index (κ2) is 8.44. The molecule has 2 aromatic carbocycles. The first kappa shape index (κ1) is 17.9. The maximum Gasteiger partial charge on any atom is 0.410 e. The Hall–Kier alpha value is -2.53. The topological polar surface area (TPSA) is 42.0 Å². The molecule has 1 amide bonds. The van der Waals surface area contributed by atoms with Gasteiger partial charge in [0.1, 0.15) is 6.10 Å². The first-order valence-electron chi connectivity index (χ1n) is 9.72. The van der Waals surface area contributed by atoms with Crippen molar-refractivity contribution < 1.29 is 14.3 Å². The maximum atomic E-state index is 12.5. The van der Waals surface area contributed by atoms with Crippen LogP contribution >= 0.6 is 0 Å². The van der Waals surface area contributed by atoms with Gasteiger partial charge in [-0.1, -0.05) is 42.5 Å². The summed E-state index contributed by atoms with van der Waals surface area (Å²) < 4.78 is 11.2. The van der Waals surface area contributed by atoms with Crippen molar-refractivity contribution in [1.82, 2.24) is 4.90 Å². The average molecular weight is 366 g/mol. The number of carbonyl (C=O) groups excluding carboxylic acids is 1. The molecule has 1 atom stereocenters. The van der Waals surface area contributed by atoms with Crippen LogP contribution in [0, 0.1) is 0 Å². The predicted octanol–water partition coefficient (Wildman–Crippen LogP) is 4.00. The van der Waals surface area contributed by atoms with E-state index in [1.165, 1.54) is 5.69 Å². The van der Waals surface area contributed by atoms with E-state index >= 15 is 0 Å². The van der Waals surface area contributed by atoms with Gasteiger partial charge in [0, 0.05) is 44.9 Å². The minimum absolute atomic E-state index is 0.140. The molecule has 5 heteroatoms. The van der Waals surface area contributed by atoms with Gasteiger partial charge in [0.15, 0.2) is 0 Å². The van der Waals surface area contributed by atoms with Crippen LogP contribution in [-0.2, 0) is 16.0 Å². The molecule has 0 N–H and O–H groups in total. The normalized spacial score (nSPS) is 20.9. The van der Waals surface area contributed by atoms with Crippen molar-refractivity contribution in [3.8, 4) is 0 Å². The molecule has 0 aliphatic carbocycles. The van der Waals surface area contributed by atoms with E-state index in [1.807, 2.05) is 30.3 Å². The standard InChI is InChI=1S/C22H26N2O3/c25-22-24(12-10-21(27-22)19-7-2-1-3-8-19)17-18-6-4-9-20(16-18)23-11-5-14-26-15-13-23/h1-4,6-9,16,21H,5,10-15,17H2. The molecule has 0 radical (unpaired) electrons. The van der Waals surface area contributed by atoms with Crippen LogP contribution in [-0.4, -0.2) is 43.8 Å². The summed E-state index contributed by atoms with van der Waals surface area (Å²) in [4.78, 5) is 16.6. The molecule has 27 heavy (non-hydrogen) atoms. The quantitative estimate of drug-likeness (QED) is 0.820. The van der Waals surface area contributed by atoms with Gasteiger partial charge in [-0.15, -0.1) is 0 Å². The van der Waals surface area contributed by atoms with E-state index in [1.54, 1.807) is 4.90 Å². The van der Waals surface area contributed by atoms with Gasteiger partial charge in [-0.25, -0.2) is 4.79 Å². The van der Waals surface area contributed by atoms with Crippen molar-refractivity contribution in [3.63, 3.8) is 0 Å². The zero-order chi connectivity index (χ0) is 18.5. The zero-order valence-electron chi connectivity index (χ0n) is 15.5. The Morgan fingerprint density at radius 3 is 2.70 bits per heavy atom. The highest BCUT2D eigenvalue weighted by Crippen LogP contribution is 2.28. The second-order valence-corrected chi connectivity index (χ2v) is 7.12. The summed E-state index contributed by atoms with van der Waals surface area (Å²) in [7, 11) is 0. The number of benzene rings is 2. The molecule has 2 fully saturated rings. The van der Waals surface area contributed by atoms with Crippen LogP contribution in [0.1, 0.15) is 30.1 Å². The number of anilines is 1. The van der Waals surface area contributed by atoms with E-state index < -0.39 is 0 Å². The Bertz CT molecular complexity index is 757. The monoisotopic (exact) mass is 366 g/mol. The number of cyclic esters (lactones) is 1. The summed E-state index contributed by atoms with van der Waals surface area (Å²) in [5.41, 5.74) is 3.40. The van der Waals surface area contributed by atoms with E-state index in [-0.39, 0.29) is 12.2 Å². The molecule has 0 bridgehead atoms. The fourth-order valence-corrected chi connectivity index (χ4v) is 3.74. The van der Waals surface area contributed by atoms with E-state index in [0.717, 1.165) is 50.3 Å².